The van der Waals surface area contributed by atoms with E-state index in [2.05, 4.69) is 24.4 Å². The van der Waals surface area contributed by atoms with Gasteiger partial charge in [-0.25, -0.2) is 4.98 Å². The van der Waals surface area contributed by atoms with Crippen LogP contribution in [0.5, 0.6) is 0 Å². The lowest BCUT2D eigenvalue weighted by Gasteiger charge is -2.00. The Morgan fingerprint density at radius 3 is 3.06 bits per heavy atom. The van der Waals surface area contributed by atoms with Crippen molar-refractivity contribution in [3.63, 3.8) is 0 Å². The first-order valence-corrected chi connectivity index (χ1v) is 6.10. The van der Waals surface area contributed by atoms with E-state index in [1.807, 2.05) is 0 Å². The summed E-state index contributed by atoms with van der Waals surface area (Å²) in [4.78, 5) is 12.1. The van der Waals surface area contributed by atoms with Gasteiger partial charge >= 0.3 is 0 Å². The summed E-state index contributed by atoms with van der Waals surface area (Å²) in [5.74, 6) is 0.472. The summed E-state index contributed by atoms with van der Waals surface area (Å²) in [6.45, 7) is 0. The van der Waals surface area contributed by atoms with Crippen molar-refractivity contribution in [3.05, 3.63) is 23.9 Å². The highest BCUT2D eigenvalue weighted by atomic mass is 35.5. The fraction of sp³-hybridized carbons (Fsp3) is 0. The minimum Gasteiger partial charge on any atom is -0.216 e. The Morgan fingerprint density at radius 2 is 2.25 bits per heavy atom. The first kappa shape index (κ1) is 9.94. The van der Waals surface area contributed by atoms with Gasteiger partial charge in [-0.2, -0.15) is 24.0 Å². The van der Waals surface area contributed by atoms with E-state index in [1.54, 1.807) is 10.6 Å². The van der Waals surface area contributed by atoms with Gasteiger partial charge in [0.05, 0.1) is 0 Å². The van der Waals surface area contributed by atoms with Crippen molar-refractivity contribution < 1.29 is 0 Å². The third-order valence-electron chi connectivity index (χ3n) is 1.72. The second kappa shape index (κ2) is 3.96. The number of fused-ring (bicyclic) bond motifs is 1. The Balaban J connectivity index is 2.11. The molecule has 0 unspecified atom stereocenters. The largest absolute Gasteiger partial charge is 0.254 e. The summed E-state index contributed by atoms with van der Waals surface area (Å²) >= 11 is 8.62. The minimum atomic E-state index is 0.382. The van der Waals surface area contributed by atoms with Crippen molar-refractivity contribution in [2.45, 2.75) is 9.37 Å². The van der Waals surface area contributed by atoms with Gasteiger partial charge in [-0.15, -0.1) is 0 Å². The summed E-state index contributed by atoms with van der Waals surface area (Å²) in [7, 11) is 0. The highest BCUT2D eigenvalue weighted by Crippen LogP contribution is 2.29. The minimum absolute atomic E-state index is 0.382. The van der Waals surface area contributed by atoms with E-state index in [0.717, 1.165) is 9.37 Å². The van der Waals surface area contributed by atoms with Crippen molar-refractivity contribution >= 4 is 40.7 Å². The van der Waals surface area contributed by atoms with Crippen LogP contribution in [0.4, 0.5) is 0 Å². The Labute approximate surface area is 103 Å². The van der Waals surface area contributed by atoms with E-state index in [1.165, 1.54) is 35.9 Å². The second-order valence-corrected chi connectivity index (χ2v) is 5.13. The second-order valence-electron chi connectivity index (χ2n) is 2.70. The number of halogens is 1. The SMILES string of the molecule is Clc1cc(Sc2ncns2)n2ncnc2n1. The zero-order valence-electron chi connectivity index (χ0n) is 7.61. The Hall–Kier alpha value is -1.25. The maximum atomic E-state index is 5.88. The molecule has 0 aliphatic carbocycles. The molecule has 9 heteroatoms. The Kier molecular flexibility index (Phi) is 2.46. The lowest BCUT2D eigenvalue weighted by molar-refractivity contribution is 0.842. The van der Waals surface area contributed by atoms with Crippen LogP contribution in [-0.4, -0.2) is 28.9 Å². The Morgan fingerprint density at radius 1 is 1.31 bits per heavy atom. The molecule has 3 aromatic heterocycles. The normalized spacial score (nSPS) is 11.1. The van der Waals surface area contributed by atoms with Gasteiger partial charge in [0.1, 0.15) is 22.8 Å². The third-order valence-corrected chi connectivity index (χ3v) is 3.63. The van der Waals surface area contributed by atoms with Crippen molar-refractivity contribution in [3.8, 4) is 0 Å². The zero-order valence-corrected chi connectivity index (χ0v) is 10.00. The maximum absolute atomic E-state index is 5.88. The molecule has 0 aliphatic heterocycles. The van der Waals surface area contributed by atoms with Crippen LogP contribution in [0.25, 0.3) is 5.78 Å². The summed E-state index contributed by atoms with van der Waals surface area (Å²) in [5, 5.41) is 5.25. The molecule has 3 aromatic rings. The first-order valence-electron chi connectivity index (χ1n) is 4.14. The molecule has 16 heavy (non-hydrogen) atoms. The fourth-order valence-electron chi connectivity index (χ4n) is 1.13. The van der Waals surface area contributed by atoms with Crippen LogP contribution < -0.4 is 0 Å². The fourth-order valence-corrected chi connectivity index (χ4v) is 2.85. The number of hydrogen-bond acceptors (Lipinski definition) is 7. The first-order chi connectivity index (χ1) is 7.83. The molecule has 0 radical (unpaired) electrons. The van der Waals surface area contributed by atoms with Crippen LogP contribution in [0.2, 0.25) is 5.15 Å². The number of aromatic nitrogens is 6. The van der Waals surface area contributed by atoms with Gasteiger partial charge in [0.25, 0.3) is 5.78 Å². The predicted octanol–water partition coefficient (Wildman–Crippen LogP) is 1.78. The van der Waals surface area contributed by atoms with E-state index in [0.29, 0.717) is 10.9 Å². The van der Waals surface area contributed by atoms with E-state index < -0.39 is 0 Å². The molecule has 3 rings (SSSR count). The topological polar surface area (TPSA) is 68.9 Å². The molecule has 0 saturated carbocycles. The van der Waals surface area contributed by atoms with Crippen molar-refractivity contribution in [2.75, 3.05) is 0 Å². The quantitative estimate of drug-likeness (QED) is 0.661. The summed E-state index contributed by atoms with van der Waals surface area (Å²) in [6.07, 6.45) is 2.94. The number of rotatable bonds is 2. The monoisotopic (exact) mass is 270 g/mol. The predicted molar refractivity (Wildman–Crippen MR) is 59.8 cm³/mol. The number of hydrogen-bond donors (Lipinski definition) is 0. The van der Waals surface area contributed by atoms with E-state index in [4.69, 9.17) is 11.6 Å². The summed E-state index contributed by atoms with van der Waals surface area (Å²) < 4.78 is 6.35. The van der Waals surface area contributed by atoms with Crippen molar-refractivity contribution in [1.82, 2.24) is 28.9 Å². The summed E-state index contributed by atoms with van der Waals surface area (Å²) in [5.41, 5.74) is 0. The van der Waals surface area contributed by atoms with Gasteiger partial charge in [-0.3, -0.25) is 0 Å². The van der Waals surface area contributed by atoms with Crippen LogP contribution in [0.15, 0.2) is 28.1 Å². The molecule has 0 N–H and O–H groups in total. The molecule has 6 nitrogen and oxygen atoms in total. The van der Waals surface area contributed by atoms with E-state index in [9.17, 15) is 0 Å². The molecule has 0 spiro atoms. The van der Waals surface area contributed by atoms with Crippen LogP contribution in [0, 0.1) is 0 Å². The molecule has 0 saturated heterocycles. The van der Waals surface area contributed by atoms with Crippen LogP contribution in [0.1, 0.15) is 0 Å². The molecular formula is C7H3ClN6S2. The summed E-state index contributed by atoms with van der Waals surface area (Å²) in [6, 6.07) is 1.72. The molecule has 0 amide bonds. The molecule has 3 heterocycles. The van der Waals surface area contributed by atoms with E-state index >= 15 is 0 Å². The van der Waals surface area contributed by atoms with Gasteiger partial charge < -0.3 is 0 Å². The average Bonchev–Trinajstić information content (AvgIpc) is 2.87. The maximum Gasteiger partial charge on any atom is 0.254 e. The average molecular weight is 271 g/mol. The lowest BCUT2D eigenvalue weighted by atomic mass is 10.7. The van der Waals surface area contributed by atoms with Gasteiger partial charge in [0.2, 0.25) is 0 Å². The van der Waals surface area contributed by atoms with Crippen molar-refractivity contribution in [1.29, 1.82) is 0 Å². The molecule has 0 atom stereocenters. The molecule has 0 bridgehead atoms. The van der Waals surface area contributed by atoms with Crippen LogP contribution in [-0.2, 0) is 0 Å². The van der Waals surface area contributed by atoms with Crippen LogP contribution >= 0.6 is 34.9 Å². The van der Waals surface area contributed by atoms with Gasteiger partial charge in [-0.1, -0.05) is 11.6 Å². The van der Waals surface area contributed by atoms with Gasteiger partial charge in [0, 0.05) is 6.07 Å². The molecule has 0 aromatic carbocycles. The van der Waals surface area contributed by atoms with E-state index in [-0.39, 0.29) is 0 Å². The lowest BCUT2D eigenvalue weighted by Crippen LogP contribution is -1.95. The Bertz CT molecular complexity index is 621. The standard InChI is InChI=1S/C7H3ClN6S2/c8-4-1-5(15-7-10-3-12-16-7)14-6(13-4)9-2-11-14/h1-3H. The van der Waals surface area contributed by atoms with Crippen LogP contribution in [0.3, 0.4) is 0 Å². The van der Waals surface area contributed by atoms with Crippen molar-refractivity contribution in [2.24, 2.45) is 0 Å². The molecular weight excluding hydrogens is 268 g/mol. The number of nitrogens with zero attached hydrogens (tertiary/aromatic N) is 6. The zero-order chi connectivity index (χ0) is 11.0. The van der Waals surface area contributed by atoms with Gasteiger partial charge in [0.15, 0.2) is 4.34 Å². The smallest absolute Gasteiger partial charge is 0.216 e. The van der Waals surface area contributed by atoms with Gasteiger partial charge in [-0.05, 0) is 23.3 Å². The molecule has 80 valence electrons. The molecule has 0 fully saturated rings. The molecule has 0 aliphatic rings. The highest BCUT2D eigenvalue weighted by molar-refractivity contribution is 8.00. The third kappa shape index (κ3) is 1.75. The highest BCUT2D eigenvalue weighted by Gasteiger charge is 2.09.